The number of nitrogens with two attached hydrogens (primary N) is 1. The van der Waals surface area contributed by atoms with Gasteiger partial charge in [0.2, 0.25) is 0 Å². The second-order valence-electron chi connectivity index (χ2n) is 4.21. The van der Waals surface area contributed by atoms with Crippen LogP contribution in [0.5, 0.6) is 0 Å². The smallest absolute Gasteiger partial charge is 0.251 e. The Bertz CT molecular complexity index is 566. The molecular formula is C14H17N3O2S. The maximum absolute atomic E-state index is 11.6. The van der Waals surface area contributed by atoms with E-state index in [0.717, 1.165) is 16.3 Å². The average Bonchev–Trinajstić information content (AvgIpc) is 2.88. The van der Waals surface area contributed by atoms with Crippen molar-refractivity contribution in [3.63, 3.8) is 0 Å². The minimum Gasteiger partial charge on any atom is -0.398 e. The molecule has 0 aliphatic carbocycles. The van der Waals surface area contributed by atoms with Gasteiger partial charge >= 0.3 is 0 Å². The zero-order chi connectivity index (χ0) is 14.4. The van der Waals surface area contributed by atoms with E-state index in [1.165, 1.54) is 0 Å². The number of nitrogen functional groups attached to an aromatic ring is 1. The van der Waals surface area contributed by atoms with Crippen molar-refractivity contribution >= 4 is 28.6 Å². The Balaban J connectivity index is 1.91. The third kappa shape index (κ3) is 3.72. The van der Waals surface area contributed by atoms with Crippen LogP contribution in [-0.4, -0.2) is 24.2 Å². The Morgan fingerprint density at radius 1 is 1.25 bits per heavy atom. The maximum Gasteiger partial charge on any atom is 0.251 e. The molecule has 5 N–H and O–H groups in total. The third-order valence-corrected chi connectivity index (χ3v) is 3.71. The Kier molecular flexibility index (Phi) is 4.97. The molecule has 0 aliphatic rings. The van der Waals surface area contributed by atoms with Gasteiger partial charge < -0.3 is 21.5 Å². The number of benzene rings is 1. The van der Waals surface area contributed by atoms with E-state index >= 15 is 0 Å². The molecule has 6 heteroatoms. The first-order valence-corrected chi connectivity index (χ1v) is 7.13. The van der Waals surface area contributed by atoms with E-state index in [4.69, 9.17) is 10.8 Å². The fourth-order valence-electron chi connectivity index (χ4n) is 1.69. The number of hydrogen-bond acceptors (Lipinski definition) is 5. The number of amides is 1. The van der Waals surface area contributed by atoms with Crippen LogP contribution in [0.2, 0.25) is 0 Å². The number of carbonyl (C=O) groups excluding carboxylic acids is 1. The van der Waals surface area contributed by atoms with Gasteiger partial charge in [0.1, 0.15) is 0 Å². The van der Waals surface area contributed by atoms with E-state index in [9.17, 15) is 4.79 Å². The molecule has 0 spiro atoms. The quantitative estimate of drug-likeness (QED) is 0.652. The van der Waals surface area contributed by atoms with E-state index in [1.807, 2.05) is 23.6 Å². The van der Waals surface area contributed by atoms with Crippen LogP contribution >= 0.6 is 11.3 Å². The Morgan fingerprint density at radius 2 is 2.00 bits per heavy atom. The summed E-state index contributed by atoms with van der Waals surface area (Å²) in [6.45, 7) is 0.865. The molecule has 0 radical (unpaired) electrons. The van der Waals surface area contributed by atoms with Crippen LogP contribution < -0.4 is 16.4 Å². The monoisotopic (exact) mass is 291 g/mol. The van der Waals surface area contributed by atoms with Crippen LogP contribution in [0.15, 0.2) is 35.7 Å². The molecule has 0 fully saturated rings. The first-order chi connectivity index (χ1) is 9.70. The minimum absolute atomic E-state index is 0.0619. The predicted octanol–water partition coefficient (Wildman–Crippen LogP) is 1.66. The molecular weight excluding hydrogens is 274 g/mol. The summed E-state index contributed by atoms with van der Waals surface area (Å²) in [6.07, 6.45) is 0. The fraction of sp³-hybridized carbons (Fsp3) is 0.214. The van der Waals surface area contributed by atoms with Crippen molar-refractivity contribution in [3.8, 4) is 0 Å². The lowest BCUT2D eigenvalue weighted by Gasteiger charge is -2.07. The van der Waals surface area contributed by atoms with Gasteiger partial charge in [-0.3, -0.25) is 4.79 Å². The number of nitrogens with one attached hydrogen (secondary N) is 2. The van der Waals surface area contributed by atoms with Crippen LogP contribution in [0.4, 0.5) is 11.4 Å². The van der Waals surface area contributed by atoms with Gasteiger partial charge in [-0.1, -0.05) is 0 Å². The van der Waals surface area contributed by atoms with Crippen LogP contribution in [0.1, 0.15) is 15.2 Å². The zero-order valence-electron chi connectivity index (χ0n) is 10.9. The minimum atomic E-state index is -0.187. The Labute approximate surface area is 121 Å². The summed E-state index contributed by atoms with van der Waals surface area (Å²) in [6, 6.07) is 9.06. The van der Waals surface area contributed by atoms with Gasteiger partial charge in [0.25, 0.3) is 5.91 Å². The van der Waals surface area contributed by atoms with Gasteiger partial charge in [0, 0.05) is 28.4 Å². The van der Waals surface area contributed by atoms with Crippen LogP contribution in [-0.2, 0) is 6.54 Å². The van der Waals surface area contributed by atoms with Crippen LogP contribution in [0, 0.1) is 0 Å². The number of anilines is 2. The summed E-state index contributed by atoms with van der Waals surface area (Å²) in [5.74, 6) is -0.187. The number of aliphatic hydroxyl groups excluding tert-OH is 1. The van der Waals surface area contributed by atoms with Gasteiger partial charge in [0.05, 0.1) is 13.2 Å². The number of hydrogen-bond donors (Lipinski definition) is 4. The molecule has 0 aliphatic heterocycles. The number of carbonyl (C=O) groups is 1. The highest BCUT2D eigenvalue weighted by molar-refractivity contribution is 7.10. The molecule has 1 heterocycles. The van der Waals surface area contributed by atoms with E-state index in [-0.39, 0.29) is 19.1 Å². The highest BCUT2D eigenvalue weighted by Gasteiger charge is 2.04. The standard InChI is InChI=1S/C14H17N3O2S/c15-12-5-8-20-13(12)9-17-11-3-1-10(2-4-11)14(19)16-6-7-18/h1-5,8,17-18H,6-7,9,15H2,(H,16,19). The van der Waals surface area contributed by atoms with Crippen molar-refractivity contribution in [2.45, 2.75) is 6.54 Å². The van der Waals surface area contributed by atoms with Crippen molar-refractivity contribution in [2.75, 3.05) is 24.2 Å². The molecule has 0 saturated heterocycles. The van der Waals surface area contributed by atoms with Gasteiger partial charge in [0.15, 0.2) is 0 Å². The molecule has 5 nitrogen and oxygen atoms in total. The molecule has 2 rings (SSSR count). The molecule has 0 unspecified atom stereocenters. The van der Waals surface area contributed by atoms with Crippen molar-refractivity contribution in [3.05, 3.63) is 46.2 Å². The normalized spacial score (nSPS) is 10.2. The van der Waals surface area contributed by atoms with E-state index < -0.39 is 0 Å². The first-order valence-electron chi connectivity index (χ1n) is 6.25. The van der Waals surface area contributed by atoms with Crippen molar-refractivity contribution < 1.29 is 9.90 Å². The highest BCUT2D eigenvalue weighted by atomic mass is 32.1. The van der Waals surface area contributed by atoms with Crippen LogP contribution in [0.25, 0.3) is 0 Å². The largest absolute Gasteiger partial charge is 0.398 e. The summed E-state index contributed by atoms with van der Waals surface area (Å²) in [5.41, 5.74) is 8.10. The van der Waals surface area contributed by atoms with Gasteiger partial charge in [-0.15, -0.1) is 11.3 Å². The molecule has 1 amide bonds. The van der Waals surface area contributed by atoms with Crippen molar-refractivity contribution in [1.29, 1.82) is 0 Å². The van der Waals surface area contributed by atoms with Gasteiger partial charge in [-0.05, 0) is 35.7 Å². The molecule has 20 heavy (non-hydrogen) atoms. The fourth-order valence-corrected chi connectivity index (χ4v) is 2.43. The number of thiophene rings is 1. The summed E-state index contributed by atoms with van der Waals surface area (Å²) in [5, 5.41) is 16.5. The summed E-state index contributed by atoms with van der Waals surface area (Å²) < 4.78 is 0. The van der Waals surface area contributed by atoms with Gasteiger partial charge in [-0.25, -0.2) is 0 Å². The van der Waals surface area contributed by atoms with Crippen molar-refractivity contribution in [1.82, 2.24) is 5.32 Å². The second-order valence-corrected chi connectivity index (χ2v) is 5.21. The van der Waals surface area contributed by atoms with Gasteiger partial charge in [-0.2, -0.15) is 0 Å². The summed E-state index contributed by atoms with van der Waals surface area (Å²) >= 11 is 1.61. The molecule has 106 valence electrons. The number of rotatable bonds is 6. The molecule has 2 aromatic rings. The average molecular weight is 291 g/mol. The SMILES string of the molecule is Nc1ccsc1CNc1ccc(C(=O)NCCO)cc1. The van der Waals surface area contributed by atoms with E-state index in [1.54, 1.807) is 23.5 Å². The van der Waals surface area contributed by atoms with Crippen LogP contribution in [0.3, 0.4) is 0 Å². The predicted molar refractivity (Wildman–Crippen MR) is 81.9 cm³/mol. The molecule has 0 atom stereocenters. The second kappa shape index (κ2) is 6.93. The van der Waals surface area contributed by atoms with E-state index in [2.05, 4.69) is 10.6 Å². The van der Waals surface area contributed by atoms with E-state index in [0.29, 0.717) is 12.1 Å². The molecule has 0 saturated carbocycles. The summed E-state index contributed by atoms with van der Waals surface area (Å²) in [7, 11) is 0. The third-order valence-electron chi connectivity index (χ3n) is 2.78. The summed E-state index contributed by atoms with van der Waals surface area (Å²) in [4.78, 5) is 12.7. The Hall–Kier alpha value is -2.05. The topological polar surface area (TPSA) is 87.4 Å². The maximum atomic E-state index is 11.6. The van der Waals surface area contributed by atoms with Crippen molar-refractivity contribution in [2.24, 2.45) is 0 Å². The molecule has 1 aromatic heterocycles. The highest BCUT2D eigenvalue weighted by Crippen LogP contribution is 2.20. The lowest BCUT2D eigenvalue weighted by molar-refractivity contribution is 0.0945. The Morgan fingerprint density at radius 3 is 2.60 bits per heavy atom. The number of aliphatic hydroxyl groups is 1. The molecule has 1 aromatic carbocycles. The zero-order valence-corrected chi connectivity index (χ0v) is 11.7. The first kappa shape index (κ1) is 14.4. The molecule has 0 bridgehead atoms. The lowest BCUT2D eigenvalue weighted by Crippen LogP contribution is -2.26. The lowest BCUT2D eigenvalue weighted by atomic mass is 10.2.